The highest BCUT2D eigenvalue weighted by atomic mass is 16.5. The van der Waals surface area contributed by atoms with Crippen LogP contribution in [0.15, 0.2) is 29.8 Å². The number of nitrogens with zero attached hydrogens (tertiary/aromatic N) is 4. The van der Waals surface area contributed by atoms with Crippen molar-refractivity contribution in [3.05, 3.63) is 35.4 Å². The number of carbonyl (C=O) groups is 1. The van der Waals surface area contributed by atoms with Crippen LogP contribution in [0.4, 0.5) is 5.95 Å². The maximum Gasteiger partial charge on any atom is 0.338 e. The van der Waals surface area contributed by atoms with Gasteiger partial charge in [0, 0.05) is 0 Å². The van der Waals surface area contributed by atoms with Crippen LogP contribution in [0.1, 0.15) is 32.4 Å². The molecule has 0 bridgehead atoms. The van der Waals surface area contributed by atoms with Crippen LogP contribution in [0.25, 0.3) is 5.70 Å². The van der Waals surface area contributed by atoms with E-state index in [-0.39, 0.29) is 6.10 Å². The minimum atomic E-state index is -0.402. The Kier molecular flexibility index (Phi) is 4.20. The second kappa shape index (κ2) is 6.31. The number of anilines is 1. The summed E-state index contributed by atoms with van der Waals surface area (Å²) in [5.41, 5.74) is 2.01. The number of fused-ring (bicyclic) bond motifs is 1. The van der Waals surface area contributed by atoms with E-state index in [1.807, 2.05) is 38.1 Å². The third kappa shape index (κ3) is 2.82. The van der Waals surface area contributed by atoms with Crippen molar-refractivity contribution < 1.29 is 14.3 Å². The van der Waals surface area contributed by atoms with E-state index in [1.165, 1.54) is 4.68 Å². The Bertz CT molecular complexity index is 779. The van der Waals surface area contributed by atoms with Gasteiger partial charge in [0.25, 0.3) is 0 Å². The van der Waals surface area contributed by atoms with Crippen molar-refractivity contribution in [1.82, 2.24) is 20.2 Å². The number of rotatable bonds is 4. The SMILES string of the molecule is COc1ccc(C2Nc3nnnn3C(C)=C2C(=O)OC(C)C)cc1. The van der Waals surface area contributed by atoms with E-state index in [1.54, 1.807) is 14.0 Å². The highest BCUT2D eigenvalue weighted by molar-refractivity contribution is 5.97. The van der Waals surface area contributed by atoms with Crippen molar-refractivity contribution in [2.75, 3.05) is 12.4 Å². The molecule has 0 aliphatic carbocycles. The summed E-state index contributed by atoms with van der Waals surface area (Å²) in [6, 6.07) is 7.07. The van der Waals surface area contributed by atoms with E-state index in [0.29, 0.717) is 17.2 Å². The van der Waals surface area contributed by atoms with Gasteiger partial charge in [-0.2, -0.15) is 4.68 Å². The van der Waals surface area contributed by atoms with Crippen molar-refractivity contribution >= 4 is 17.6 Å². The molecule has 24 heavy (non-hydrogen) atoms. The number of hydrogen-bond donors (Lipinski definition) is 1. The molecule has 0 saturated carbocycles. The minimum absolute atomic E-state index is 0.218. The van der Waals surface area contributed by atoms with Crippen LogP contribution in [0.3, 0.4) is 0 Å². The molecule has 0 saturated heterocycles. The first-order valence-corrected chi connectivity index (χ1v) is 7.62. The fraction of sp³-hybridized carbons (Fsp3) is 0.375. The largest absolute Gasteiger partial charge is 0.497 e. The number of tetrazole rings is 1. The molecule has 2 aromatic rings. The zero-order chi connectivity index (χ0) is 17.3. The molecule has 1 aromatic carbocycles. The quantitative estimate of drug-likeness (QED) is 0.858. The van der Waals surface area contributed by atoms with Crippen molar-refractivity contribution in [3.8, 4) is 5.75 Å². The zero-order valence-corrected chi connectivity index (χ0v) is 14.0. The Morgan fingerprint density at radius 1 is 1.29 bits per heavy atom. The first-order valence-electron chi connectivity index (χ1n) is 7.62. The molecule has 0 radical (unpaired) electrons. The number of ether oxygens (including phenoxy) is 2. The molecule has 3 rings (SSSR count). The molecule has 1 aliphatic rings. The Morgan fingerprint density at radius 3 is 2.62 bits per heavy atom. The third-order valence-electron chi connectivity index (χ3n) is 3.75. The lowest BCUT2D eigenvalue weighted by Gasteiger charge is -2.28. The Balaban J connectivity index is 2.05. The first kappa shape index (κ1) is 16.0. The first-order chi connectivity index (χ1) is 11.5. The smallest absolute Gasteiger partial charge is 0.338 e. The molecular formula is C16H19N5O3. The molecule has 0 amide bonds. The summed E-state index contributed by atoms with van der Waals surface area (Å²) in [6.45, 7) is 5.43. The normalized spacial score (nSPS) is 16.6. The van der Waals surface area contributed by atoms with Crippen LogP contribution in [-0.2, 0) is 9.53 Å². The number of hydrogen-bond acceptors (Lipinski definition) is 7. The van der Waals surface area contributed by atoms with Gasteiger partial charge < -0.3 is 14.8 Å². The summed E-state index contributed by atoms with van der Waals surface area (Å²) >= 11 is 0. The van der Waals surface area contributed by atoms with Crippen LogP contribution < -0.4 is 10.1 Å². The van der Waals surface area contributed by atoms with Gasteiger partial charge in [-0.25, -0.2) is 4.79 Å². The molecule has 8 heteroatoms. The predicted octanol–water partition coefficient (Wildman–Crippen LogP) is 2.03. The third-order valence-corrected chi connectivity index (χ3v) is 3.75. The summed E-state index contributed by atoms with van der Waals surface area (Å²) in [5.74, 6) is 0.831. The number of nitrogens with one attached hydrogen (secondary N) is 1. The summed E-state index contributed by atoms with van der Waals surface area (Å²) in [5, 5.41) is 14.7. The number of esters is 1. The average molecular weight is 329 g/mol. The van der Waals surface area contributed by atoms with E-state index in [2.05, 4.69) is 20.8 Å². The van der Waals surface area contributed by atoms with Crippen LogP contribution in [0.5, 0.6) is 5.75 Å². The molecule has 0 spiro atoms. The predicted molar refractivity (Wildman–Crippen MR) is 87.3 cm³/mol. The molecule has 1 aliphatic heterocycles. The van der Waals surface area contributed by atoms with E-state index >= 15 is 0 Å². The monoisotopic (exact) mass is 329 g/mol. The van der Waals surface area contributed by atoms with Crippen molar-refractivity contribution in [1.29, 1.82) is 0 Å². The highest BCUT2D eigenvalue weighted by Gasteiger charge is 2.33. The van der Waals surface area contributed by atoms with Gasteiger partial charge in [0.15, 0.2) is 0 Å². The standard InChI is InChI=1S/C16H19N5O3/c1-9(2)24-15(22)13-10(3)21-16(18-19-20-21)17-14(13)11-5-7-12(23-4)8-6-11/h5-9,14H,1-4H3,(H,17,18,20). The van der Waals surface area contributed by atoms with Gasteiger partial charge in [-0.15, -0.1) is 0 Å². The summed E-state index contributed by atoms with van der Waals surface area (Å²) in [6.07, 6.45) is -0.218. The van der Waals surface area contributed by atoms with E-state index in [9.17, 15) is 4.79 Å². The van der Waals surface area contributed by atoms with Gasteiger partial charge in [0.1, 0.15) is 5.75 Å². The lowest BCUT2D eigenvalue weighted by Crippen LogP contribution is -2.29. The van der Waals surface area contributed by atoms with Gasteiger partial charge in [0.05, 0.1) is 30.5 Å². The number of aromatic nitrogens is 4. The molecule has 126 valence electrons. The van der Waals surface area contributed by atoms with Crippen LogP contribution in [0.2, 0.25) is 0 Å². The molecule has 2 heterocycles. The van der Waals surface area contributed by atoms with Gasteiger partial charge in [0.2, 0.25) is 5.95 Å². The van der Waals surface area contributed by atoms with Crippen molar-refractivity contribution in [2.24, 2.45) is 0 Å². The Morgan fingerprint density at radius 2 is 2.00 bits per heavy atom. The second-order valence-corrected chi connectivity index (χ2v) is 5.72. The summed E-state index contributed by atoms with van der Waals surface area (Å²) in [4.78, 5) is 12.6. The molecular weight excluding hydrogens is 310 g/mol. The zero-order valence-electron chi connectivity index (χ0n) is 14.0. The number of carbonyl (C=O) groups excluding carboxylic acids is 1. The topological polar surface area (TPSA) is 91.2 Å². The van der Waals surface area contributed by atoms with Gasteiger partial charge in [-0.1, -0.05) is 17.2 Å². The maximum absolute atomic E-state index is 12.6. The van der Waals surface area contributed by atoms with Crippen LogP contribution in [0, 0.1) is 0 Å². The summed E-state index contributed by atoms with van der Waals surface area (Å²) < 4.78 is 12.1. The number of methoxy groups -OCH3 is 1. The molecule has 0 fully saturated rings. The Labute approximate surface area is 139 Å². The molecule has 1 atom stereocenters. The number of benzene rings is 1. The van der Waals surface area contributed by atoms with E-state index in [4.69, 9.17) is 9.47 Å². The van der Waals surface area contributed by atoms with Gasteiger partial charge >= 0.3 is 5.97 Å². The highest BCUT2D eigenvalue weighted by Crippen LogP contribution is 2.35. The van der Waals surface area contributed by atoms with E-state index < -0.39 is 12.0 Å². The molecule has 1 unspecified atom stereocenters. The molecule has 8 nitrogen and oxygen atoms in total. The fourth-order valence-corrected chi connectivity index (χ4v) is 2.62. The van der Waals surface area contributed by atoms with Crippen LogP contribution in [-0.4, -0.2) is 39.4 Å². The Hall–Kier alpha value is -2.90. The van der Waals surface area contributed by atoms with Crippen LogP contribution >= 0.6 is 0 Å². The van der Waals surface area contributed by atoms with Gasteiger partial charge in [-0.3, -0.25) is 0 Å². The van der Waals surface area contributed by atoms with Crippen molar-refractivity contribution in [3.63, 3.8) is 0 Å². The minimum Gasteiger partial charge on any atom is -0.497 e. The fourth-order valence-electron chi connectivity index (χ4n) is 2.62. The van der Waals surface area contributed by atoms with Gasteiger partial charge in [-0.05, 0) is 48.9 Å². The second-order valence-electron chi connectivity index (χ2n) is 5.72. The van der Waals surface area contributed by atoms with E-state index in [0.717, 1.165) is 11.3 Å². The molecule has 1 aromatic heterocycles. The van der Waals surface area contributed by atoms with Crippen molar-refractivity contribution in [2.45, 2.75) is 32.9 Å². The lowest BCUT2D eigenvalue weighted by molar-refractivity contribution is -0.142. The summed E-state index contributed by atoms with van der Waals surface area (Å²) in [7, 11) is 1.61. The average Bonchev–Trinajstić information content (AvgIpc) is 3.03. The maximum atomic E-state index is 12.6. The number of allylic oxidation sites excluding steroid dienone is 1. The molecule has 1 N–H and O–H groups in total. The lowest BCUT2D eigenvalue weighted by atomic mass is 9.95.